The quantitative estimate of drug-likeness (QED) is 0.779. The van der Waals surface area contributed by atoms with Crippen LogP contribution in [0.3, 0.4) is 0 Å². The summed E-state index contributed by atoms with van der Waals surface area (Å²) in [5.74, 6) is 0. The fraction of sp³-hybridized carbons (Fsp3) is 0.333. The Morgan fingerprint density at radius 1 is 1.40 bits per heavy atom. The average Bonchev–Trinajstić information content (AvgIpc) is 2.59. The van der Waals surface area contributed by atoms with Gasteiger partial charge in [0, 0.05) is 15.6 Å². The number of aryl methyl sites for hydroxylation is 1. The Hall–Kier alpha value is -0.800. The first-order chi connectivity index (χ1) is 7.27. The number of rotatable bonds is 0. The van der Waals surface area contributed by atoms with Crippen molar-refractivity contribution in [3.63, 3.8) is 0 Å². The van der Waals surface area contributed by atoms with Gasteiger partial charge in [-0.25, -0.2) is 0 Å². The number of nitrogens with two attached hydrogens (primary N) is 1. The molecule has 3 heteroatoms. The van der Waals surface area contributed by atoms with Crippen molar-refractivity contribution in [3.05, 3.63) is 34.4 Å². The monoisotopic (exact) mass is 264 g/mol. The molecule has 0 aliphatic carbocycles. The lowest BCUT2D eigenvalue weighted by molar-refractivity contribution is 0.425. The highest BCUT2D eigenvalue weighted by Gasteiger charge is 2.19. The Labute approximate surface area is 97.2 Å². The Morgan fingerprint density at radius 2 is 2.27 bits per heavy atom. The molecular weight excluding hydrogens is 252 g/mol. The number of fused-ring (bicyclic) bond motifs is 3. The normalized spacial score (nSPS) is 20.5. The summed E-state index contributed by atoms with van der Waals surface area (Å²) in [5, 5.41) is 1.28. The highest BCUT2D eigenvalue weighted by Crippen LogP contribution is 2.32. The van der Waals surface area contributed by atoms with Gasteiger partial charge in [0.2, 0.25) is 0 Å². The topological polar surface area (TPSA) is 30.9 Å². The van der Waals surface area contributed by atoms with Crippen molar-refractivity contribution in [1.29, 1.82) is 0 Å². The number of halogens is 1. The predicted molar refractivity (Wildman–Crippen MR) is 65.8 cm³/mol. The number of nitrogens with zero attached hydrogens (tertiary/aromatic N) is 1. The Balaban J connectivity index is 2.36. The first-order valence-corrected chi connectivity index (χ1v) is 6.10. The summed E-state index contributed by atoms with van der Waals surface area (Å²) < 4.78 is 3.44. The summed E-state index contributed by atoms with van der Waals surface area (Å²) >= 11 is 3.59. The van der Waals surface area contributed by atoms with Gasteiger partial charge in [-0.15, -0.1) is 0 Å². The molecule has 2 nitrogen and oxygen atoms in total. The van der Waals surface area contributed by atoms with Crippen LogP contribution in [0.1, 0.15) is 24.7 Å². The van der Waals surface area contributed by atoms with Crippen LogP contribution in [0.15, 0.2) is 28.7 Å². The largest absolute Gasteiger partial charge is 0.329 e. The van der Waals surface area contributed by atoms with Crippen molar-refractivity contribution in [1.82, 2.24) is 4.57 Å². The highest BCUT2D eigenvalue weighted by molar-refractivity contribution is 9.10. The average molecular weight is 265 g/mol. The van der Waals surface area contributed by atoms with Crippen molar-refractivity contribution in [2.45, 2.75) is 25.4 Å². The van der Waals surface area contributed by atoms with Gasteiger partial charge in [0.15, 0.2) is 0 Å². The van der Waals surface area contributed by atoms with Crippen molar-refractivity contribution in [2.24, 2.45) is 5.73 Å². The van der Waals surface area contributed by atoms with Gasteiger partial charge in [0.25, 0.3) is 0 Å². The molecule has 0 saturated heterocycles. The molecule has 0 saturated carbocycles. The summed E-state index contributed by atoms with van der Waals surface area (Å²) in [4.78, 5) is 0. The van der Waals surface area contributed by atoms with Crippen LogP contribution in [0.2, 0.25) is 0 Å². The molecule has 2 N–H and O–H groups in total. The van der Waals surface area contributed by atoms with Crippen LogP contribution in [-0.2, 0) is 6.42 Å². The van der Waals surface area contributed by atoms with E-state index in [2.05, 4.69) is 44.8 Å². The van der Waals surface area contributed by atoms with Gasteiger partial charge in [0.05, 0.1) is 11.7 Å². The zero-order chi connectivity index (χ0) is 10.4. The molecule has 3 rings (SSSR count). The molecule has 1 unspecified atom stereocenters. The van der Waals surface area contributed by atoms with Crippen LogP contribution >= 0.6 is 15.9 Å². The van der Waals surface area contributed by atoms with E-state index in [0.29, 0.717) is 0 Å². The summed E-state index contributed by atoms with van der Waals surface area (Å²) in [5.41, 5.74) is 8.78. The van der Waals surface area contributed by atoms with Gasteiger partial charge in [-0.3, -0.25) is 0 Å². The minimum absolute atomic E-state index is 0.153. The maximum atomic E-state index is 6.15. The van der Waals surface area contributed by atoms with E-state index < -0.39 is 0 Å². The van der Waals surface area contributed by atoms with Gasteiger partial charge in [-0.1, -0.05) is 22.0 Å². The van der Waals surface area contributed by atoms with Crippen molar-refractivity contribution < 1.29 is 0 Å². The molecule has 2 aromatic rings. The van der Waals surface area contributed by atoms with Crippen LogP contribution in [0.4, 0.5) is 0 Å². The second-order valence-corrected chi connectivity index (χ2v) is 4.99. The molecule has 0 bridgehead atoms. The summed E-state index contributed by atoms with van der Waals surface area (Å²) in [6.07, 6.45) is 3.59. The Morgan fingerprint density at radius 3 is 3.13 bits per heavy atom. The van der Waals surface area contributed by atoms with Crippen molar-refractivity contribution in [2.75, 3.05) is 0 Å². The van der Waals surface area contributed by atoms with E-state index in [0.717, 1.165) is 17.3 Å². The molecule has 78 valence electrons. The highest BCUT2D eigenvalue weighted by atomic mass is 79.9. The third kappa shape index (κ3) is 1.34. The SMILES string of the molecule is NC1CCCc2cc3c(Br)cccc3n21. The van der Waals surface area contributed by atoms with Crippen LogP contribution in [-0.4, -0.2) is 4.57 Å². The van der Waals surface area contributed by atoms with Crippen molar-refractivity contribution in [3.8, 4) is 0 Å². The molecular formula is C12H13BrN2. The first kappa shape index (κ1) is 9.43. The summed E-state index contributed by atoms with van der Waals surface area (Å²) in [6.45, 7) is 0. The van der Waals surface area contributed by atoms with Gasteiger partial charge in [-0.05, 0) is 37.5 Å². The third-order valence-electron chi connectivity index (χ3n) is 3.17. The number of hydrogen-bond donors (Lipinski definition) is 1. The lowest BCUT2D eigenvalue weighted by atomic mass is 10.1. The molecule has 1 aliphatic rings. The molecule has 1 atom stereocenters. The fourth-order valence-corrected chi connectivity index (χ4v) is 2.95. The molecule has 0 amide bonds. The predicted octanol–water partition coefficient (Wildman–Crippen LogP) is 3.20. The molecule has 1 aromatic carbocycles. The number of benzene rings is 1. The van der Waals surface area contributed by atoms with E-state index in [4.69, 9.17) is 5.73 Å². The second kappa shape index (κ2) is 3.35. The van der Waals surface area contributed by atoms with E-state index in [1.54, 1.807) is 0 Å². The molecule has 2 heterocycles. The smallest absolute Gasteiger partial charge is 0.0817 e. The van der Waals surface area contributed by atoms with Crippen molar-refractivity contribution >= 4 is 26.8 Å². The zero-order valence-electron chi connectivity index (χ0n) is 8.41. The Kier molecular flexibility index (Phi) is 2.11. The molecule has 0 spiro atoms. The molecule has 0 fully saturated rings. The maximum absolute atomic E-state index is 6.15. The third-order valence-corrected chi connectivity index (χ3v) is 3.87. The minimum atomic E-state index is 0.153. The van der Waals surface area contributed by atoms with E-state index in [1.165, 1.54) is 23.0 Å². The van der Waals surface area contributed by atoms with Crippen LogP contribution in [0, 0.1) is 0 Å². The van der Waals surface area contributed by atoms with Crippen LogP contribution < -0.4 is 5.73 Å². The molecule has 1 aliphatic heterocycles. The van der Waals surface area contributed by atoms with E-state index >= 15 is 0 Å². The second-order valence-electron chi connectivity index (χ2n) is 4.14. The first-order valence-electron chi connectivity index (χ1n) is 5.31. The van der Waals surface area contributed by atoms with Crippen LogP contribution in [0.5, 0.6) is 0 Å². The lowest BCUT2D eigenvalue weighted by Gasteiger charge is -2.23. The van der Waals surface area contributed by atoms with E-state index in [-0.39, 0.29) is 6.17 Å². The van der Waals surface area contributed by atoms with Gasteiger partial charge in [0.1, 0.15) is 0 Å². The summed E-state index contributed by atoms with van der Waals surface area (Å²) in [6, 6.07) is 8.56. The van der Waals surface area contributed by atoms with Gasteiger partial charge < -0.3 is 10.3 Å². The lowest BCUT2D eigenvalue weighted by Crippen LogP contribution is -2.24. The number of hydrogen-bond acceptors (Lipinski definition) is 1. The minimum Gasteiger partial charge on any atom is -0.329 e. The van der Waals surface area contributed by atoms with E-state index in [9.17, 15) is 0 Å². The molecule has 0 radical (unpaired) electrons. The maximum Gasteiger partial charge on any atom is 0.0817 e. The standard InChI is InChI=1S/C12H13BrN2/c13-10-4-2-5-11-9(10)7-8-3-1-6-12(14)15(8)11/h2,4-5,7,12H,1,3,6,14H2. The fourth-order valence-electron chi connectivity index (χ4n) is 2.48. The molecule has 1 aromatic heterocycles. The zero-order valence-corrected chi connectivity index (χ0v) is 10.00. The van der Waals surface area contributed by atoms with Gasteiger partial charge in [-0.2, -0.15) is 0 Å². The summed E-state index contributed by atoms with van der Waals surface area (Å²) in [7, 11) is 0. The number of aromatic nitrogens is 1. The molecule has 15 heavy (non-hydrogen) atoms. The van der Waals surface area contributed by atoms with E-state index in [1.807, 2.05) is 0 Å². The van der Waals surface area contributed by atoms with Gasteiger partial charge >= 0.3 is 0 Å². The Bertz CT molecular complexity index is 516. The van der Waals surface area contributed by atoms with Crippen LogP contribution in [0.25, 0.3) is 10.9 Å².